The van der Waals surface area contributed by atoms with E-state index in [1.807, 2.05) is 75.4 Å². The van der Waals surface area contributed by atoms with E-state index >= 15 is 0 Å². The molecule has 0 spiro atoms. The lowest BCUT2D eigenvalue weighted by Crippen LogP contribution is -2.52. The van der Waals surface area contributed by atoms with Gasteiger partial charge in [-0.25, -0.2) is 0 Å². The zero-order valence-corrected chi connectivity index (χ0v) is 21.3. The van der Waals surface area contributed by atoms with Crippen LogP contribution in [-0.4, -0.2) is 35.9 Å². The van der Waals surface area contributed by atoms with Crippen LogP contribution < -0.4 is 10.1 Å². The minimum Gasteiger partial charge on any atom is -0.484 e. The fourth-order valence-electron chi connectivity index (χ4n) is 3.73. The normalized spacial score (nSPS) is 11.7. The molecular weight excluding hydrogens is 460 g/mol. The largest absolute Gasteiger partial charge is 0.484 e. The Bertz CT molecular complexity index is 1120. The maximum Gasteiger partial charge on any atom is 0.261 e. The Morgan fingerprint density at radius 3 is 2.37 bits per heavy atom. The number of amides is 2. The molecule has 3 rings (SSSR count). The third-order valence-corrected chi connectivity index (χ3v) is 5.95. The van der Waals surface area contributed by atoms with Gasteiger partial charge in [0.25, 0.3) is 5.91 Å². The van der Waals surface area contributed by atoms with Gasteiger partial charge in [-0.05, 0) is 47.7 Å². The second-order valence-electron chi connectivity index (χ2n) is 9.04. The predicted molar refractivity (Wildman–Crippen MR) is 140 cm³/mol. The maximum absolute atomic E-state index is 13.6. The van der Waals surface area contributed by atoms with Crippen LogP contribution in [0.4, 0.5) is 0 Å². The van der Waals surface area contributed by atoms with E-state index in [-0.39, 0.29) is 18.4 Å². The quantitative estimate of drug-likeness (QED) is 0.387. The number of aryl methyl sites for hydroxylation is 1. The van der Waals surface area contributed by atoms with Crippen LogP contribution >= 0.6 is 11.6 Å². The predicted octanol–water partition coefficient (Wildman–Crippen LogP) is 5.44. The summed E-state index contributed by atoms with van der Waals surface area (Å²) in [4.78, 5) is 28.6. The Kier molecular flexibility index (Phi) is 9.74. The van der Waals surface area contributed by atoms with Gasteiger partial charge in [0.2, 0.25) is 5.91 Å². The van der Waals surface area contributed by atoms with Gasteiger partial charge in [0, 0.05) is 24.5 Å². The fourth-order valence-corrected chi connectivity index (χ4v) is 3.91. The summed E-state index contributed by atoms with van der Waals surface area (Å²) in [6.45, 7) is 6.73. The summed E-state index contributed by atoms with van der Waals surface area (Å²) in [6, 6.07) is 23.9. The van der Waals surface area contributed by atoms with E-state index in [0.717, 1.165) is 16.7 Å². The summed E-state index contributed by atoms with van der Waals surface area (Å²) in [5, 5.41) is 3.56. The second-order valence-corrected chi connectivity index (χ2v) is 9.48. The molecule has 0 aliphatic carbocycles. The smallest absolute Gasteiger partial charge is 0.261 e. The van der Waals surface area contributed by atoms with Gasteiger partial charge in [-0.3, -0.25) is 9.59 Å². The molecule has 0 aliphatic heterocycles. The van der Waals surface area contributed by atoms with Crippen molar-refractivity contribution in [2.24, 2.45) is 5.92 Å². The molecule has 0 aromatic heterocycles. The number of carbonyl (C=O) groups is 2. The SMILES string of the molecule is Cc1ccccc1CN(C(=O)COc1cccc(Cl)c1)[C@@H](Cc1ccccc1)C(=O)NCC(C)C. The van der Waals surface area contributed by atoms with E-state index in [1.54, 1.807) is 29.2 Å². The van der Waals surface area contributed by atoms with Crippen molar-refractivity contribution in [1.29, 1.82) is 0 Å². The van der Waals surface area contributed by atoms with Gasteiger partial charge >= 0.3 is 0 Å². The molecule has 5 nitrogen and oxygen atoms in total. The average molecular weight is 493 g/mol. The number of carbonyl (C=O) groups excluding carboxylic acids is 2. The first-order valence-corrected chi connectivity index (χ1v) is 12.2. The summed E-state index contributed by atoms with van der Waals surface area (Å²) in [5.74, 6) is 0.356. The number of rotatable bonds is 11. The third kappa shape index (κ3) is 8.15. The molecule has 3 aromatic rings. The fraction of sp³-hybridized carbons (Fsp3) is 0.310. The average Bonchev–Trinajstić information content (AvgIpc) is 2.85. The number of benzene rings is 3. The highest BCUT2D eigenvalue weighted by molar-refractivity contribution is 6.30. The summed E-state index contributed by atoms with van der Waals surface area (Å²) < 4.78 is 5.77. The van der Waals surface area contributed by atoms with Crippen LogP contribution in [0.3, 0.4) is 0 Å². The molecule has 184 valence electrons. The molecule has 1 atom stereocenters. The Morgan fingerprint density at radius 1 is 0.971 bits per heavy atom. The van der Waals surface area contributed by atoms with Crippen LogP contribution in [0.2, 0.25) is 5.02 Å². The van der Waals surface area contributed by atoms with Crippen molar-refractivity contribution in [2.75, 3.05) is 13.2 Å². The van der Waals surface area contributed by atoms with E-state index in [4.69, 9.17) is 16.3 Å². The number of nitrogens with zero attached hydrogens (tertiary/aromatic N) is 1. The molecule has 0 fully saturated rings. The Labute approximate surface area is 213 Å². The molecule has 2 amide bonds. The molecule has 0 saturated carbocycles. The van der Waals surface area contributed by atoms with Crippen molar-refractivity contribution in [3.8, 4) is 5.75 Å². The van der Waals surface area contributed by atoms with Crippen molar-refractivity contribution in [2.45, 2.75) is 39.8 Å². The van der Waals surface area contributed by atoms with Gasteiger partial charge < -0.3 is 15.0 Å². The highest BCUT2D eigenvalue weighted by atomic mass is 35.5. The third-order valence-electron chi connectivity index (χ3n) is 5.72. The van der Waals surface area contributed by atoms with Gasteiger partial charge in [-0.2, -0.15) is 0 Å². The Balaban J connectivity index is 1.91. The minimum atomic E-state index is -0.689. The lowest BCUT2D eigenvalue weighted by molar-refractivity contribution is -0.142. The van der Waals surface area contributed by atoms with E-state index in [0.29, 0.717) is 36.2 Å². The minimum absolute atomic E-state index is 0.174. The Hall–Kier alpha value is -3.31. The van der Waals surface area contributed by atoms with Crippen molar-refractivity contribution in [1.82, 2.24) is 10.2 Å². The molecule has 0 aliphatic rings. The number of ether oxygens (including phenoxy) is 1. The lowest BCUT2D eigenvalue weighted by atomic mass is 10.0. The summed E-state index contributed by atoms with van der Waals surface area (Å²) >= 11 is 6.06. The van der Waals surface area contributed by atoms with Gasteiger partial charge in [-0.1, -0.05) is 86.1 Å². The van der Waals surface area contributed by atoms with Crippen LogP contribution in [0.15, 0.2) is 78.9 Å². The van der Waals surface area contributed by atoms with Crippen LogP contribution in [0.5, 0.6) is 5.75 Å². The van der Waals surface area contributed by atoms with Crippen LogP contribution in [0.25, 0.3) is 0 Å². The molecule has 0 saturated heterocycles. The first-order chi connectivity index (χ1) is 16.8. The topological polar surface area (TPSA) is 58.6 Å². The molecule has 3 aromatic carbocycles. The van der Waals surface area contributed by atoms with Crippen LogP contribution in [-0.2, 0) is 22.6 Å². The van der Waals surface area contributed by atoms with Crippen molar-refractivity contribution < 1.29 is 14.3 Å². The molecule has 35 heavy (non-hydrogen) atoms. The molecular formula is C29H33ClN2O3. The second kappa shape index (κ2) is 13.0. The van der Waals surface area contributed by atoms with E-state index in [9.17, 15) is 9.59 Å². The van der Waals surface area contributed by atoms with Crippen LogP contribution in [0.1, 0.15) is 30.5 Å². The van der Waals surface area contributed by atoms with Crippen molar-refractivity contribution in [3.63, 3.8) is 0 Å². The maximum atomic E-state index is 13.6. The zero-order chi connectivity index (χ0) is 25.2. The first kappa shape index (κ1) is 26.3. The molecule has 0 bridgehead atoms. The van der Waals surface area contributed by atoms with Crippen molar-refractivity contribution >= 4 is 23.4 Å². The van der Waals surface area contributed by atoms with Crippen LogP contribution in [0, 0.1) is 12.8 Å². The van der Waals surface area contributed by atoms with Gasteiger partial charge in [0.1, 0.15) is 11.8 Å². The highest BCUT2D eigenvalue weighted by Crippen LogP contribution is 2.20. The number of nitrogens with one attached hydrogen (secondary N) is 1. The van der Waals surface area contributed by atoms with Gasteiger partial charge in [-0.15, -0.1) is 0 Å². The molecule has 0 radical (unpaired) electrons. The van der Waals surface area contributed by atoms with Gasteiger partial charge in [0.05, 0.1) is 0 Å². The lowest BCUT2D eigenvalue weighted by Gasteiger charge is -2.32. The molecule has 1 N–H and O–H groups in total. The number of hydrogen-bond donors (Lipinski definition) is 1. The summed E-state index contributed by atoms with van der Waals surface area (Å²) in [5.41, 5.74) is 3.02. The standard InChI is InChI=1S/C29H33ClN2O3/c1-21(2)18-31-29(34)27(16-23-11-5-4-6-12-23)32(19-24-13-8-7-10-22(24)3)28(33)20-35-26-15-9-14-25(30)17-26/h4-15,17,21,27H,16,18-20H2,1-3H3,(H,31,34)/t27-/m0/s1. The summed E-state index contributed by atoms with van der Waals surface area (Å²) in [7, 11) is 0. The Morgan fingerprint density at radius 2 is 1.69 bits per heavy atom. The van der Waals surface area contributed by atoms with Gasteiger partial charge in [0.15, 0.2) is 6.61 Å². The highest BCUT2D eigenvalue weighted by Gasteiger charge is 2.31. The zero-order valence-electron chi connectivity index (χ0n) is 20.5. The first-order valence-electron chi connectivity index (χ1n) is 11.9. The van der Waals surface area contributed by atoms with Crippen molar-refractivity contribution in [3.05, 3.63) is 101 Å². The molecule has 0 heterocycles. The van der Waals surface area contributed by atoms with E-state index in [1.165, 1.54) is 0 Å². The number of halogens is 1. The molecule has 0 unspecified atom stereocenters. The van der Waals surface area contributed by atoms with E-state index in [2.05, 4.69) is 5.32 Å². The molecule has 6 heteroatoms. The summed E-state index contributed by atoms with van der Waals surface area (Å²) in [6.07, 6.45) is 0.402. The van der Waals surface area contributed by atoms with E-state index < -0.39 is 6.04 Å². The monoisotopic (exact) mass is 492 g/mol. The number of hydrogen-bond acceptors (Lipinski definition) is 3.